The predicted molar refractivity (Wildman–Crippen MR) is 51.1 cm³/mol. The van der Waals surface area contributed by atoms with E-state index in [1.54, 1.807) is 6.26 Å². The Morgan fingerprint density at radius 1 is 1.67 bits per heavy atom. The average molecular weight is 183 g/mol. The molecule has 0 spiro atoms. The van der Waals surface area contributed by atoms with Crippen LogP contribution in [-0.4, -0.2) is 11.3 Å². The van der Waals surface area contributed by atoms with Gasteiger partial charge in [-0.3, -0.25) is 5.32 Å². The topological polar surface area (TPSA) is 25.2 Å². The molecule has 1 saturated heterocycles. The number of furan rings is 1. The van der Waals surface area contributed by atoms with Crippen LogP contribution in [-0.2, 0) is 0 Å². The minimum absolute atomic E-state index is 0.331. The SMILES string of the molecule is CC1(C)CNC(c2ccco2)S1. The van der Waals surface area contributed by atoms with E-state index < -0.39 is 0 Å². The van der Waals surface area contributed by atoms with Crippen molar-refractivity contribution in [1.82, 2.24) is 5.32 Å². The van der Waals surface area contributed by atoms with Crippen molar-refractivity contribution >= 4 is 11.8 Å². The fraction of sp³-hybridized carbons (Fsp3) is 0.556. The highest BCUT2D eigenvalue weighted by atomic mass is 32.2. The van der Waals surface area contributed by atoms with Crippen LogP contribution in [0.2, 0.25) is 0 Å². The molecule has 12 heavy (non-hydrogen) atoms. The number of rotatable bonds is 1. The summed E-state index contributed by atoms with van der Waals surface area (Å²) in [5, 5.41) is 3.76. The van der Waals surface area contributed by atoms with Gasteiger partial charge < -0.3 is 4.42 Å². The van der Waals surface area contributed by atoms with Gasteiger partial charge in [-0.15, -0.1) is 11.8 Å². The first kappa shape index (κ1) is 8.20. The molecule has 2 rings (SSSR count). The number of hydrogen-bond donors (Lipinski definition) is 1. The van der Waals surface area contributed by atoms with E-state index in [4.69, 9.17) is 4.42 Å². The Morgan fingerprint density at radius 3 is 3.00 bits per heavy atom. The van der Waals surface area contributed by atoms with Crippen LogP contribution in [0.4, 0.5) is 0 Å². The maximum atomic E-state index is 5.33. The van der Waals surface area contributed by atoms with Gasteiger partial charge in [-0.25, -0.2) is 0 Å². The van der Waals surface area contributed by atoms with Crippen LogP contribution in [0, 0.1) is 0 Å². The summed E-state index contributed by atoms with van der Waals surface area (Å²) in [5.74, 6) is 1.03. The van der Waals surface area contributed by atoms with E-state index in [0.717, 1.165) is 12.3 Å². The number of hydrogen-bond acceptors (Lipinski definition) is 3. The minimum Gasteiger partial charge on any atom is -0.467 e. The molecule has 1 atom stereocenters. The predicted octanol–water partition coefficient (Wildman–Crippen LogP) is 2.39. The molecule has 3 heteroatoms. The molecule has 0 aliphatic carbocycles. The first-order valence-corrected chi connectivity index (χ1v) is 5.00. The molecule has 1 aliphatic rings. The molecule has 2 heterocycles. The lowest BCUT2D eigenvalue weighted by Gasteiger charge is -2.13. The standard InChI is InChI=1S/C9H13NOS/c1-9(2)6-10-8(12-9)7-4-3-5-11-7/h3-5,8,10H,6H2,1-2H3. The maximum Gasteiger partial charge on any atom is 0.130 e. The van der Waals surface area contributed by atoms with Gasteiger partial charge in [0.2, 0.25) is 0 Å². The molecule has 1 aliphatic heterocycles. The smallest absolute Gasteiger partial charge is 0.130 e. The third-order valence-electron chi connectivity index (χ3n) is 1.95. The zero-order chi connectivity index (χ0) is 8.60. The van der Waals surface area contributed by atoms with Crippen LogP contribution < -0.4 is 5.32 Å². The van der Waals surface area contributed by atoms with E-state index in [1.165, 1.54) is 0 Å². The summed E-state index contributed by atoms with van der Waals surface area (Å²) in [6.07, 6.45) is 1.73. The lowest BCUT2D eigenvalue weighted by molar-refractivity contribution is 0.483. The maximum absolute atomic E-state index is 5.33. The summed E-state index contributed by atoms with van der Waals surface area (Å²) in [7, 11) is 0. The van der Waals surface area contributed by atoms with Crippen LogP contribution in [0.15, 0.2) is 22.8 Å². The molecule has 0 radical (unpaired) electrons. The number of thioether (sulfide) groups is 1. The normalized spacial score (nSPS) is 27.7. The van der Waals surface area contributed by atoms with E-state index in [1.807, 2.05) is 23.9 Å². The fourth-order valence-corrected chi connectivity index (χ4v) is 2.56. The van der Waals surface area contributed by atoms with Crippen molar-refractivity contribution in [2.75, 3.05) is 6.54 Å². The zero-order valence-corrected chi connectivity index (χ0v) is 8.15. The monoisotopic (exact) mass is 183 g/mol. The Bertz CT molecular complexity index is 256. The Hall–Kier alpha value is -0.410. The molecule has 1 aromatic rings. The molecule has 0 bridgehead atoms. The van der Waals surface area contributed by atoms with Crippen molar-refractivity contribution in [3.63, 3.8) is 0 Å². The van der Waals surface area contributed by atoms with Gasteiger partial charge in [0.15, 0.2) is 0 Å². The highest BCUT2D eigenvalue weighted by molar-refractivity contribution is 8.01. The van der Waals surface area contributed by atoms with Crippen LogP contribution in [0.3, 0.4) is 0 Å². The molecule has 1 aromatic heterocycles. The van der Waals surface area contributed by atoms with Crippen LogP contribution in [0.1, 0.15) is 25.0 Å². The van der Waals surface area contributed by atoms with E-state index in [0.29, 0.717) is 10.1 Å². The molecule has 0 saturated carbocycles. The fourth-order valence-electron chi connectivity index (χ4n) is 1.34. The second-order valence-electron chi connectivity index (χ2n) is 3.65. The molecule has 2 nitrogen and oxygen atoms in total. The Kier molecular flexibility index (Phi) is 1.93. The van der Waals surface area contributed by atoms with Gasteiger partial charge in [-0.1, -0.05) is 0 Å². The molecular formula is C9H13NOS. The van der Waals surface area contributed by atoms with Crippen LogP contribution in [0.25, 0.3) is 0 Å². The van der Waals surface area contributed by atoms with E-state index in [2.05, 4.69) is 19.2 Å². The van der Waals surface area contributed by atoms with Gasteiger partial charge in [-0.05, 0) is 26.0 Å². The Morgan fingerprint density at radius 2 is 2.50 bits per heavy atom. The van der Waals surface area contributed by atoms with Crippen molar-refractivity contribution < 1.29 is 4.42 Å². The summed E-state index contributed by atoms with van der Waals surface area (Å²) in [6, 6.07) is 3.95. The van der Waals surface area contributed by atoms with Gasteiger partial charge in [-0.2, -0.15) is 0 Å². The van der Waals surface area contributed by atoms with Gasteiger partial charge >= 0.3 is 0 Å². The van der Waals surface area contributed by atoms with E-state index >= 15 is 0 Å². The molecule has 1 fully saturated rings. The summed E-state index contributed by atoms with van der Waals surface area (Å²) in [6.45, 7) is 5.53. The van der Waals surface area contributed by atoms with Crippen molar-refractivity contribution in [3.05, 3.63) is 24.2 Å². The van der Waals surface area contributed by atoms with Crippen LogP contribution in [0.5, 0.6) is 0 Å². The molecule has 0 amide bonds. The van der Waals surface area contributed by atoms with Crippen molar-refractivity contribution in [2.24, 2.45) is 0 Å². The van der Waals surface area contributed by atoms with Gasteiger partial charge in [0.05, 0.1) is 6.26 Å². The first-order valence-electron chi connectivity index (χ1n) is 4.12. The zero-order valence-electron chi connectivity index (χ0n) is 7.33. The summed E-state index contributed by atoms with van der Waals surface area (Å²) < 4.78 is 5.66. The third-order valence-corrected chi connectivity index (χ3v) is 3.37. The third kappa shape index (κ3) is 1.52. The van der Waals surface area contributed by atoms with E-state index in [9.17, 15) is 0 Å². The highest BCUT2D eigenvalue weighted by Crippen LogP contribution is 2.41. The van der Waals surface area contributed by atoms with Gasteiger partial charge in [0, 0.05) is 11.3 Å². The molecule has 1 unspecified atom stereocenters. The molecule has 66 valence electrons. The van der Waals surface area contributed by atoms with Crippen LogP contribution >= 0.6 is 11.8 Å². The largest absolute Gasteiger partial charge is 0.467 e. The number of nitrogens with one attached hydrogen (secondary N) is 1. The highest BCUT2D eigenvalue weighted by Gasteiger charge is 2.33. The van der Waals surface area contributed by atoms with Crippen molar-refractivity contribution in [1.29, 1.82) is 0 Å². The van der Waals surface area contributed by atoms with Crippen molar-refractivity contribution in [3.8, 4) is 0 Å². The molecular weight excluding hydrogens is 170 g/mol. The summed E-state index contributed by atoms with van der Waals surface area (Å²) in [5.41, 5.74) is 0. The van der Waals surface area contributed by atoms with Crippen molar-refractivity contribution in [2.45, 2.75) is 24.0 Å². The summed E-state index contributed by atoms with van der Waals surface area (Å²) in [4.78, 5) is 0. The first-order chi connectivity index (χ1) is 5.67. The molecule has 0 aromatic carbocycles. The average Bonchev–Trinajstić information content (AvgIpc) is 2.55. The second kappa shape index (κ2) is 2.82. The Balaban J connectivity index is 2.10. The molecule has 1 N–H and O–H groups in total. The van der Waals surface area contributed by atoms with E-state index in [-0.39, 0.29) is 0 Å². The lowest BCUT2D eigenvalue weighted by atomic mass is 10.2. The quantitative estimate of drug-likeness (QED) is 0.723. The Labute approximate surface area is 76.7 Å². The van der Waals surface area contributed by atoms with Gasteiger partial charge in [0.25, 0.3) is 0 Å². The minimum atomic E-state index is 0.331. The summed E-state index contributed by atoms with van der Waals surface area (Å²) >= 11 is 1.92. The van der Waals surface area contributed by atoms with Gasteiger partial charge in [0.1, 0.15) is 11.1 Å². The second-order valence-corrected chi connectivity index (χ2v) is 5.47. The lowest BCUT2D eigenvalue weighted by Crippen LogP contribution is -2.21.